The molecule has 21 heavy (non-hydrogen) atoms. The van der Waals surface area contributed by atoms with E-state index in [1.807, 2.05) is 0 Å². The smallest absolute Gasteiger partial charge is 0.306 e. The number of aryl methyl sites for hydroxylation is 2. The predicted octanol–water partition coefficient (Wildman–Crippen LogP) is 1.26. The molecule has 114 valence electrons. The van der Waals surface area contributed by atoms with Gasteiger partial charge in [0.25, 0.3) is 0 Å². The van der Waals surface area contributed by atoms with E-state index >= 15 is 0 Å². The second-order valence-corrected chi connectivity index (χ2v) is 5.78. The van der Waals surface area contributed by atoms with Crippen molar-refractivity contribution in [2.45, 2.75) is 25.7 Å². The van der Waals surface area contributed by atoms with Gasteiger partial charge in [-0.25, -0.2) is 4.98 Å². The Labute approximate surface area is 125 Å². The van der Waals surface area contributed by atoms with Crippen molar-refractivity contribution in [1.29, 1.82) is 0 Å². The van der Waals surface area contributed by atoms with Crippen molar-refractivity contribution >= 4 is 11.8 Å². The molecule has 0 spiro atoms. The van der Waals surface area contributed by atoms with Gasteiger partial charge in [0.1, 0.15) is 5.82 Å². The van der Waals surface area contributed by atoms with Crippen LogP contribution in [-0.2, 0) is 22.4 Å². The lowest BCUT2D eigenvalue weighted by molar-refractivity contribution is -0.141. The predicted molar refractivity (Wildman–Crippen MR) is 81.5 cm³/mol. The molecule has 2 aliphatic rings. The van der Waals surface area contributed by atoms with E-state index in [1.54, 1.807) is 0 Å². The van der Waals surface area contributed by atoms with Crippen LogP contribution in [0.1, 0.15) is 24.1 Å². The summed E-state index contributed by atoms with van der Waals surface area (Å²) >= 11 is 0. The molecular weight excluding hydrogens is 266 g/mol. The maximum Gasteiger partial charge on any atom is 0.306 e. The third kappa shape index (κ3) is 3.35. The van der Waals surface area contributed by atoms with E-state index in [1.165, 1.54) is 31.2 Å². The van der Waals surface area contributed by atoms with Crippen molar-refractivity contribution in [3.8, 4) is 0 Å². The molecule has 1 aromatic rings. The summed E-state index contributed by atoms with van der Waals surface area (Å²) in [6.45, 7) is 4.71. The average Bonchev–Trinajstić information content (AvgIpc) is 3.00. The number of anilines is 1. The summed E-state index contributed by atoms with van der Waals surface area (Å²) in [6.07, 6.45) is 4.03. The number of methoxy groups -OCH3 is 1. The largest absolute Gasteiger partial charge is 0.469 e. The van der Waals surface area contributed by atoms with Gasteiger partial charge in [0.05, 0.1) is 13.5 Å². The third-order valence-electron chi connectivity index (χ3n) is 4.47. The first kappa shape index (κ1) is 14.3. The van der Waals surface area contributed by atoms with Gasteiger partial charge < -0.3 is 9.64 Å². The zero-order chi connectivity index (χ0) is 14.7. The standard InChI is InChI=1S/C16H23N3O2/c1-21-16(20)7-8-18-9-11-19(12-10-18)15-6-5-13-3-2-4-14(13)17-15/h5-6H,2-4,7-12H2,1H3. The third-order valence-corrected chi connectivity index (χ3v) is 4.47. The number of esters is 1. The Bertz CT molecular complexity index is 510. The summed E-state index contributed by atoms with van der Waals surface area (Å²) in [5.41, 5.74) is 2.72. The summed E-state index contributed by atoms with van der Waals surface area (Å²) in [5, 5.41) is 0. The quantitative estimate of drug-likeness (QED) is 0.781. The van der Waals surface area contributed by atoms with Gasteiger partial charge in [-0.2, -0.15) is 0 Å². The van der Waals surface area contributed by atoms with E-state index in [0.717, 1.165) is 45.0 Å². The summed E-state index contributed by atoms with van der Waals surface area (Å²) in [5.74, 6) is 0.987. The van der Waals surface area contributed by atoms with Crippen LogP contribution < -0.4 is 4.90 Å². The lowest BCUT2D eigenvalue weighted by Crippen LogP contribution is -2.47. The molecule has 0 radical (unpaired) electrons. The molecule has 1 aliphatic heterocycles. The Balaban J connectivity index is 1.52. The number of fused-ring (bicyclic) bond motifs is 1. The Morgan fingerprint density at radius 3 is 2.81 bits per heavy atom. The maximum atomic E-state index is 11.2. The van der Waals surface area contributed by atoms with Gasteiger partial charge in [-0.15, -0.1) is 0 Å². The Hall–Kier alpha value is -1.62. The number of nitrogens with zero attached hydrogens (tertiary/aromatic N) is 3. The SMILES string of the molecule is COC(=O)CCN1CCN(c2ccc3c(n2)CCC3)CC1. The first-order valence-corrected chi connectivity index (χ1v) is 7.79. The molecule has 5 nitrogen and oxygen atoms in total. The van der Waals surface area contributed by atoms with Crippen LogP contribution in [0.15, 0.2) is 12.1 Å². The molecule has 1 fully saturated rings. The molecule has 0 bridgehead atoms. The van der Waals surface area contributed by atoms with Crippen molar-refractivity contribution in [2.24, 2.45) is 0 Å². The number of hydrogen-bond acceptors (Lipinski definition) is 5. The van der Waals surface area contributed by atoms with Crippen LogP contribution >= 0.6 is 0 Å². The van der Waals surface area contributed by atoms with Crippen LogP contribution in [0.3, 0.4) is 0 Å². The van der Waals surface area contributed by atoms with Gasteiger partial charge in [0.15, 0.2) is 0 Å². The second kappa shape index (κ2) is 6.43. The van der Waals surface area contributed by atoms with Crippen molar-refractivity contribution in [3.05, 3.63) is 23.4 Å². The highest BCUT2D eigenvalue weighted by Gasteiger charge is 2.20. The monoisotopic (exact) mass is 289 g/mol. The molecule has 1 aromatic heterocycles. The molecule has 1 saturated heterocycles. The minimum Gasteiger partial charge on any atom is -0.469 e. The lowest BCUT2D eigenvalue weighted by atomic mass is 10.2. The molecule has 0 unspecified atom stereocenters. The van der Waals surface area contributed by atoms with E-state index in [4.69, 9.17) is 4.98 Å². The van der Waals surface area contributed by atoms with Crippen LogP contribution in [-0.4, -0.2) is 55.7 Å². The van der Waals surface area contributed by atoms with Crippen LogP contribution in [0.5, 0.6) is 0 Å². The molecule has 0 atom stereocenters. The number of carbonyl (C=O) groups excluding carboxylic acids is 1. The summed E-state index contributed by atoms with van der Waals surface area (Å²) in [7, 11) is 1.44. The van der Waals surface area contributed by atoms with Crippen LogP contribution in [0.2, 0.25) is 0 Å². The first-order valence-electron chi connectivity index (χ1n) is 7.79. The highest BCUT2D eigenvalue weighted by molar-refractivity contribution is 5.69. The molecule has 1 aliphatic carbocycles. The summed E-state index contributed by atoms with van der Waals surface area (Å²) in [4.78, 5) is 20.7. The molecule has 5 heteroatoms. The Kier molecular flexibility index (Phi) is 4.39. The topological polar surface area (TPSA) is 45.7 Å². The zero-order valence-electron chi connectivity index (χ0n) is 12.7. The van der Waals surface area contributed by atoms with Gasteiger partial charge in [-0.05, 0) is 30.9 Å². The van der Waals surface area contributed by atoms with Crippen LogP contribution in [0.25, 0.3) is 0 Å². The second-order valence-electron chi connectivity index (χ2n) is 5.78. The number of aromatic nitrogens is 1. The zero-order valence-corrected chi connectivity index (χ0v) is 12.7. The van der Waals surface area contributed by atoms with Crippen molar-refractivity contribution < 1.29 is 9.53 Å². The molecule has 0 saturated carbocycles. The fraction of sp³-hybridized carbons (Fsp3) is 0.625. The summed E-state index contributed by atoms with van der Waals surface area (Å²) in [6, 6.07) is 4.41. The van der Waals surface area contributed by atoms with Crippen molar-refractivity contribution in [1.82, 2.24) is 9.88 Å². The minimum atomic E-state index is -0.127. The lowest BCUT2D eigenvalue weighted by Gasteiger charge is -2.35. The Morgan fingerprint density at radius 2 is 2.05 bits per heavy atom. The number of ether oxygens (including phenoxy) is 1. The summed E-state index contributed by atoms with van der Waals surface area (Å²) < 4.78 is 4.69. The average molecular weight is 289 g/mol. The highest BCUT2D eigenvalue weighted by Crippen LogP contribution is 2.23. The molecule has 0 aromatic carbocycles. The first-order chi connectivity index (χ1) is 10.3. The number of pyridine rings is 1. The van der Waals surface area contributed by atoms with Gasteiger partial charge >= 0.3 is 5.97 Å². The highest BCUT2D eigenvalue weighted by atomic mass is 16.5. The number of piperazine rings is 1. The van der Waals surface area contributed by atoms with Crippen LogP contribution in [0.4, 0.5) is 5.82 Å². The number of rotatable bonds is 4. The van der Waals surface area contributed by atoms with Gasteiger partial charge in [-0.1, -0.05) is 6.07 Å². The Morgan fingerprint density at radius 1 is 1.24 bits per heavy atom. The normalized spacial score (nSPS) is 18.6. The molecule has 0 N–H and O–H groups in total. The number of carbonyl (C=O) groups is 1. The number of hydrogen-bond donors (Lipinski definition) is 0. The van der Waals surface area contributed by atoms with E-state index in [-0.39, 0.29) is 5.97 Å². The minimum absolute atomic E-state index is 0.127. The maximum absolute atomic E-state index is 11.2. The van der Waals surface area contributed by atoms with E-state index in [9.17, 15) is 4.79 Å². The molecule has 2 heterocycles. The fourth-order valence-corrected chi connectivity index (χ4v) is 3.14. The molecular formula is C16H23N3O2. The van der Waals surface area contributed by atoms with E-state index in [0.29, 0.717) is 6.42 Å². The van der Waals surface area contributed by atoms with Crippen LogP contribution in [0, 0.1) is 0 Å². The fourth-order valence-electron chi connectivity index (χ4n) is 3.14. The van der Waals surface area contributed by atoms with Crippen molar-refractivity contribution in [3.63, 3.8) is 0 Å². The molecule has 0 amide bonds. The van der Waals surface area contributed by atoms with Gasteiger partial charge in [0, 0.05) is 38.4 Å². The van der Waals surface area contributed by atoms with Gasteiger partial charge in [-0.3, -0.25) is 9.69 Å². The van der Waals surface area contributed by atoms with Gasteiger partial charge in [0.2, 0.25) is 0 Å². The molecule has 3 rings (SSSR count). The van der Waals surface area contributed by atoms with E-state index < -0.39 is 0 Å². The van der Waals surface area contributed by atoms with E-state index in [2.05, 4.69) is 26.7 Å². The van der Waals surface area contributed by atoms with Crippen molar-refractivity contribution in [2.75, 3.05) is 44.7 Å².